The van der Waals surface area contributed by atoms with Gasteiger partial charge in [-0.25, -0.2) is 0 Å². The molecule has 1 fully saturated rings. The van der Waals surface area contributed by atoms with E-state index < -0.39 is 0 Å². The molecule has 94 valence electrons. The maximum absolute atomic E-state index is 6.32. The fraction of sp³-hybridized carbons (Fsp3) is 0.538. The van der Waals surface area contributed by atoms with Crippen molar-refractivity contribution in [2.45, 2.75) is 19.4 Å². The second-order valence-electron chi connectivity index (χ2n) is 4.45. The minimum absolute atomic E-state index is 0.267. The quantitative estimate of drug-likeness (QED) is 0.898. The van der Waals surface area contributed by atoms with Gasteiger partial charge in [0.15, 0.2) is 0 Å². The van der Waals surface area contributed by atoms with Crippen LogP contribution in [0.15, 0.2) is 18.2 Å². The molecule has 3 nitrogen and oxygen atoms in total. The van der Waals surface area contributed by atoms with Crippen molar-refractivity contribution in [1.82, 2.24) is 0 Å². The molecule has 1 aromatic carbocycles. The second kappa shape index (κ2) is 5.71. The first kappa shape index (κ1) is 12.7. The highest BCUT2D eigenvalue weighted by Crippen LogP contribution is 2.28. The van der Waals surface area contributed by atoms with E-state index in [1.165, 1.54) is 5.56 Å². The minimum Gasteiger partial charge on any atom is -0.375 e. The zero-order valence-electron chi connectivity index (χ0n) is 10.2. The molecule has 0 bridgehead atoms. The number of hydrogen-bond donors (Lipinski definition) is 1. The molecular formula is C13H19ClN2O. The van der Waals surface area contributed by atoms with Crippen molar-refractivity contribution in [1.29, 1.82) is 0 Å². The lowest BCUT2D eigenvalue weighted by Gasteiger charge is -2.33. The summed E-state index contributed by atoms with van der Waals surface area (Å²) in [5.41, 5.74) is 7.84. The Balaban J connectivity index is 2.15. The maximum atomic E-state index is 6.32. The third-order valence-corrected chi connectivity index (χ3v) is 3.33. The first-order chi connectivity index (χ1) is 8.20. The molecule has 0 aliphatic carbocycles. The summed E-state index contributed by atoms with van der Waals surface area (Å²) < 4.78 is 5.53. The predicted molar refractivity (Wildman–Crippen MR) is 71.8 cm³/mol. The second-order valence-corrected chi connectivity index (χ2v) is 4.86. The number of benzene rings is 1. The van der Waals surface area contributed by atoms with Crippen LogP contribution in [-0.2, 0) is 11.2 Å². The Bertz CT molecular complexity index is 384. The fourth-order valence-electron chi connectivity index (χ4n) is 2.17. The molecule has 1 unspecified atom stereocenters. The Labute approximate surface area is 107 Å². The SMILES string of the molecule is CC1CN(c2ccc(CCN)cc2Cl)CCO1. The van der Waals surface area contributed by atoms with E-state index in [4.69, 9.17) is 22.1 Å². The smallest absolute Gasteiger partial charge is 0.0722 e. The van der Waals surface area contributed by atoms with E-state index in [-0.39, 0.29) is 6.10 Å². The monoisotopic (exact) mass is 254 g/mol. The number of anilines is 1. The zero-order chi connectivity index (χ0) is 12.3. The Morgan fingerprint density at radius 2 is 2.35 bits per heavy atom. The molecule has 1 aliphatic rings. The van der Waals surface area contributed by atoms with E-state index in [2.05, 4.69) is 24.0 Å². The van der Waals surface area contributed by atoms with Crippen LogP contribution in [0.2, 0.25) is 5.02 Å². The van der Waals surface area contributed by atoms with Crippen molar-refractivity contribution in [3.63, 3.8) is 0 Å². The van der Waals surface area contributed by atoms with E-state index in [0.717, 1.165) is 36.8 Å². The zero-order valence-corrected chi connectivity index (χ0v) is 10.9. The van der Waals surface area contributed by atoms with Crippen LogP contribution in [-0.4, -0.2) is 32.3 Å². The molecule has 2 rings (SSSR count). The van der Waals surface area contributed by atoms with Crippen LogP contribution >= 0.6 is 11.6 Å². The van der Waals surface area contributed by atoms with E-state index in [1.54, 1.807) is 0 Å². The summed E-state index contributed by atoms with van der Waals surface area (Å²) in [5, 5.41) is 0.810. The molecule has 0 spiro atoms. The summed E-state index contributed by atoms with van der Waals surface area (Å²) in [7, 11) is 0. The van der Waals surface area contributed by atoms with Gasteiger partial charge in [0.1, 0.15) is 0 Å². The van der Waals surface area contributed by atoms with E-state index in [9.17, 15) is 0 Å². The summed E-state index contributed by atoms with van der Waals surface area (Å²) in [6, 6.07) is 6.21. The third kappa shape index (κ3) is 3.12. The standard InChI is InChI=1S/C13H19ClN2O/c1-10-9-16(6-7-17-10)13-3-2-11(4-5-15)8-12(13)14/h2-3,8,10H,4-7,9,15H2,1H3. The molecule has 1 heterocycles. The summed E-state index contributed by atoms with van der Waals surface area (Å²) in [4.78, 5) is 2.28. The van der Waals surface area contributed by atoms with Crippen LogP contribution < -0.4 is 10.6 Å². The van der Waals surface area contributed by atoms with Gasteiger partial charge in [0.05, 0.1) is 23.4 Å². The van der Waals surface area contributed by atoms with Crippen molar-refractivity contribution in [2.24, 2.45) is 5.73 Å². The average molecular weight is 255 g/mol. The highest BCUT2D eigenvalue weighted by atomic mass is 35.5. The molecule has 4 heteroatoms. The van der Waals surface area contributed by atoms with Gasteiger partial charge in [-0.1, -0.05) is 17.7 Å². The van der Waals surface area contributed by atoms with Gasteiger partial charge in [-0.15, -0.1) is 0 Å². The third-order valence-electron chi connectivity index (χ3n) is 3.03. The molecule has 0 saturated carbocycles. The van der Waals surface area contributed by atoms with Crippen molar-refractivity contribution < 1.29 is 4.74 Å². The van der Waals surface area contributed by atoms with Crippen molar-refractivity contribution in [2.75, 3.05) is 31.1 Å². The first-order valence-electron chi connectivity index (χ1n) is 6.05. The molecule has 1 aromatic rings. The number of nitrogens with zero attached hydrogens (tertiary/aromatic N) is 1. The Hall–Kier alpha value is -0.770. The fourth-order valence-corrected chi connectivity index (χ4v) is 2.49. The van der Waals surface area contributed by atoms with Crippen molar-refractivity contribution >= 4 is 17.3 Å². The minimum atomic E-state index is 0.267. The van der Waals surface area contributed by atoms with E-state index in [1.807, 2.05) is 6.07 Å². The van der Waals surface area contributed by atoms with Gasteiger partial charge in [0.25, 0.3) is 0 Å². The molecule has 2 N–H and O–H groups in total. The van der Waals surface area contributed by atoms with Crippen LogP contribution in [0.1, 0.15) is 12.5 Å². The Morgan fingerprint density at radius 3 is 3.00 bits per heavy atom. The number of hydrogen-bond acceptors (Lipinski definition) is 3. The van der Waals surface area contributed by atoms with E-state index >= 15 is 0 Å². The highest BCUT2D eigenvalue weighted by Gasteiger charge is 2.18. The first-order valence-corrected chi connectivity index (χ1v) is 6.43. The lowest BCUT2D eigenvalue weighted by atomic mass is 10.1. The number of halogens is 1. The summed E-state index contributed by atoms with van der Waals surface area (Å²) in [6.07, 6.45) is 1.14. The highest BCUT2D eigenvalue weighted by molar-refractivity contribution is 6.33. The number of morpholine rings is 1. The summed E-state index contributed by atoms with van der Waals surface area (Å²) in [6.45, 7) is 5.31. The molecule has 0 aromatic heterocycles. The van der Waals surface area contributed by atoms with Gasteiger partial charge < -0.3 is 15.4 Å². The van der Waals surface area contributed by atoms with Crippen LogP contribution in [0.4, 0.5) is 5.69 Å². The number of rotatable bonds is 3. The maximum Gasteiger partial charge on any atom is 0.0722 e. The molecule has 17 heavy (non-hydrogen) atoms. The van der Waals surface area contributed by atoms with Crippen molar-refractivity contribution in [3.8, 4) is 0 Å². The number of nitrogens with two attached hydrogens (primary N) is 1. The molecule has 1 atom stereocenters. The lowest BCUT2D eigenvalue weighted by molar-refractivity contribution is 0.0532. The average Bonchev–Trinajstić information content (AvgIpc) is 2.29. The topological polar surface area (TPSA) is 38.5 Å². The van der Waals surface area contributed by atoms with Gasteiger partial charge in [0, 0.05) is 13.1 Å². The molecule has 1 saturated heterocycles. The summed E-state index contributed by atoms with van der Waals surface area (Å²) in [5.74, 6) is 0. The van der Waals surface area contributed by atoms with Crippen LogP contribution in [0, 0.1) is 0 Å². The molecular weight excluding hydrogens is 236 g/mol. The molecule has 0 radical (unpaired) electrons. The van der Waals surface area contributed by atoms with E-state index in [0.29, 0.717) is 6.54 Å². The van der Waals surface area contributed by atoms with Gasteiger partial charge >= 0.3 is 0 Å². The summed E-state index contributed by atoms with van der Waals surface area (Å²) >= 11 is 6.32. The van der Waals surface area contributed by atoms with Gasteiger partial charge in [0.2, 0.25) is 0 Å². The predicted octanol–water partition coefficient (Wildman–Crippen LogP) is 2.07. The molecule has 1 aliphatic heterocycles. The van der Waals surface area contributed by atoms with Gasteiger partial charge in [-0.3, -0.25) is 0 Å². The van der Waals surface area contributed by atoms with Gasteiger partial charge in [-0.05, 0) is 37.6 Å². The van der Waals surface area contributed by atoms with Crippen LogP contribution in [0.25, 0.3) is 0 Å². The van der Waals surface area contributed by atoms with Crippen molar-refractivity contribution in [3.05, 3.63) is 28.8 Å². The number of ether oxygens (including phenoxy) is 1. The molecule has 0 amide bonds. The Kier molecular flexibility index (Phi) is 4.26. The normalized spacial score (nSPS) is 20.6. The largest absolute Gasteiger partial charge is 0.375 e. The lowest BCUT2D eigenvalue weighted by Crippen LogP contribution is -2.41. The van der Waals surface area contributed by atoms with Crippen LogP contribution in [0.5, 0.6) is 0 Å². The van der Waals surface area contributed by atoms with Gasteiger partial charge in [-0.2, -0.15) is 0 Å². The Morgan fingerprint density at radius 1 is 1.53 bits per heavy atom. The van der Waals surface area contributed by atoms with Crippen LogP contribution in [0.3, 0.4) is 0 Å².